The van der Waals surface area contributed by atoms with E-state index in [-0.39, 0.29) is 26.3 Å². The number of nitrogens with zero attached hydrogens (tertiary/aromatic N) is 6. The Kier molecular flexibility index (Phi) is 5.79. The summed E-state index contributed by atoms with van der Waals surface area (Å²) < 4.78 is 13.6. The molecule has 2 aromatic heterocycles. The van der Waals surface area contributed by atoms with E-state index in [1.807, 2.05) is 0 Å². The highest BCUT2D eigenvalue weighted by Gasteiger charge is 2.07. The molecule has 0 atom stereocenters. The minimum absolute atomic E-state index is 0.118. The van der Waals surface area contributed by atoms with Gasteiger partial charge in [-0.2, -0.15) is 0 Å². The van der Waals surface area contributed by atoms with Crippen molar-refractivity contribution in [2.24, 2.45) is 0 Å². The molecule has 3 rings (SSSR count). The maximum Gasteiger partial charge on any atom is 0.325 e. The standard InChI is InChI=1S/C16H16N6O6/c23-15(24)7-21-5-11(17-19-21)9-27-13-2-1-3-14(4-13)28-10-12-6-22(20-18-12)8-16(25)26/h1-6H,7-10H2,(H,23,24)(H,25,26). The quantitative estimate of drug-likeness (QED) is 0.492. The summed E-state index contributed by atoms with van der Waals surface area (Å²) in [5, 5.41) is 32.5. The van der Waals surface area contributed by atoms with Gasteiger partial charge in [-0.1, -0.05) is 16.5 Å². The SMILES string of the molecule is O=C(O)Cn1cc(COc2cccc(OCc3cn(CC(=O)O)nn3)c2)nn1. The molecule has 0 amide bonds. The Labute approximate surface area is 157 Å². The second-order valence-electron chi connectivity index (χ2n) is 5.65. The van der Waals surface area contributed by atoms with Gasteiger partial charge in [0.05, 0.1) is 12.4 Å². The van der Waals surface area contributed by atoms with E-state index < -0.39 is 11.9 Å². The van der Waals surface area contributed by atoms with Gasteiger partial charge in [-0.3, -0.25) is 9.59 Å². The van der Waals surface area contributed by atoms with Gasteiger partial charge in [0.15, 0.2) is 0 Å². The van der Waals surface area contributed by atoms with Crippen molar-refractivity contribution in [1.29, 1.82) is 0 Å². The molecule has 2 heterocycles. The third-order valence-electron chi connectivity index (χ3n) is 3.35. The van der Waals surface area contributed by atoms with Gasteiger partial charge in [0.25, 0.3) is 0 Å². The first-order valence-electron chi connectivity index (χ1n) is 8.05. The first-order chi connectivity index (χ1) is 13.5. The number of carboxylic acid groups (broad SMARTS) is 2. The number of hydrogen-bond acceptors (Lipinski definition) is 8. The lowest BCUT2D eigenvalue weighted by molar-refractivity contribution is -0.139. The molecule has 0 unspecified atom stereocenters. The summed E-state index contributed by atoms with van der Waals surface area (Å²) >= 11 is 0. The smallest absolute Gasteiger partial charge is 0.325 e. The summed E-state index contributed by atoms with van der Waals surface area (Å²) in [4.78, 5) is 21.3. The van der Waals surface area contributed by atoms with Gasteiger partial charge in [0.1, 0.15) is 49.2 Å². The van der Waals surface area contributed by atoms with Crippen LogP contribution in [0.25, 0.3) is 0 Å². The molecule has 0 bridgehead atoms. The van der Waals surface area contributed by atoms with Crippen LogP contribution in [0.5, 0.6) is 11.5 Å². The molecule has 0 spiro atoms. The molecule has 12 heteroatoms. The first-order valence-corrected chi connectivity index (χ1v) is 8.05. The molecule has 0 aliphatic rings. The maximum absolute atomic E-state index is 10.6. The van der Waals surface area contributed by atoms with Crippen molar-refractivity contribution in [3.8, 4) is 11.5 Å². The average molecular weight is 388 g/mol. The minimum Gasteiger partial charge on any atom is -0.487 e. The molecule has 0 saturated carbocycles. The van der Waals surface area contributed by atoms with E-state index in [0.29, 0.717) is 22.9 Å². The molecular weight excluding hydrogens is 372 g/mol. The Bertz CT molecular complexity index is 894. The molecule has 146 valence electrons. The number of aromatic nitrogens is 6. The van der Waals surface area contributed by atoms with Crippen LogP contribution in [-0.2, 0) is 35.9 Å². The summed E-state index contributed by atoms with van der Waals surface area (Å²) in [6.07, 6.45) is 2.99. The van der Waals surface area contributed by atoms with Crippen molar-refractivity contribution in [2.75, 3.05) is 0 Å². The van der Waals surface area contributed by atoms with Gasteiger partial charge in [0, 0.05) is 6.07 Å². The van der Waals surface area contributed by atoms with E-state index in [2.05, 4.69) is 20.6 Å². The van der Waals surface area contributed by atoms with Crippen LogP contribution in [0, 0.1) is 0 Å². The maximum atomic E-state index is 10.6. The monoisotopic (exact) mass is 388 g/mol. The van der Waals surface area contributed by atoms with Gasteiger partial charge in [0.2, 0.25) is 0 Å². The number of rotatable bonds is 10. The van der Waals surface area contributed by atoms with Crippen molar-refractivity contribution >= 4 is 11.9 Å². The number of aliphatic carboxylic acids is 2. The summed E-state index contributed by atoms with van der Waals surface area (Å²) in [7, 11) is 0. The van der Waals surface area contributed by atoms with Crippen LogP contribution in [0.15, 0.2) is 36.7 Å². The Morgan fingerprint density at radius 3 is 1.75 bits per heavy atom. The molecular formula is C16H16N6O6. The van der Waals surface area contributed by atoms with Crippen molar-refractivity contribution in [3.63, 3.8) is 0 Å². The van der Waals surface area contributed by atoms with E-state index in [9.17, 15) is 9.59 Å². The third-order valence-corrected chi connectivity index (χ3v) is 3.35. The predicted molar refractivity (Wildman–Crippen MR) is 90.4 cm³/mol. The van der Waals surface area contributed by atoms with E-state index in [4.69, 9.17) is 19.7 Å². The van der Waals surface area contributed by atoms with Crippen molar-refractivity contribution in [2.45, 2.75) is 26.3 Å². The van der Waals surface area contributed by atoms with E-state index in [0.717, 1.165) is 0 Å². The summed E-state index contributed by atoms with van der Waals surface area (Å²) in [5.41, 5.74) is 0.977. The van der Waals surface area contributed by atoms with Crippen molar-refractivity contribution < 1.29 is 29.3 Å². The summed E-state index contributed by atoms with van der Waals surface area (Å²) in [6.45, 7) is -0.306. The molecule has 1 aromatic carbocycles. The molecule has 0 saturated heterocycles. The predicted octanol–water partition coefficient (Wildman–Crippen LogP) is 0.197. The second kappa shape index (κ2) is 8.62. The zero-order chi connectivity index (χ0) is 19.9. The fourth-order valence-electron chi connectivity index (χ4n) is 2.21. The topological polar surface area (TPSA) is 154 Å². The second-order valence-corrected chi connectivity index (χ2v) is 5.65. The highest BCUT2D eigenvalue weighted by atomic mass is 16.5. The fraction of sp³-hybridized carbons (Fsp3) is 0.250. The van der Waals surface area contributed by atoms with Crippen LogP contribution >= 0.6 is 0 Å². The lowest BCUT2D eigenvalue weighted by atomic mass is 10.3. The van der Waals surface area contributed by atoms with Crippen molar-refractivity contribution in [3.05, 3.63) is 48.0 Å². The number of ether oxygens (including phenoxy) is 2. The van der Waals surface area contributed by atoms with Gasteiger partial charge < -0.3 is 19.7 Å². The molecule has 3 aromatic rings. The van der Waals surface area contributed by atoms with Gasteiger partial charge >= 0.3 is 11.9 Å². The Hall–Kier alpha value is -3.96. The Balaban J connectivity index is 1.52. The van der Waals surface area contributed by atoms with E-state index in [1.54, 1.807) is 24.3 Å². The zero-order valence-electron chi connectivity index (χ0n) is 14.5. The van der Waals surface area contributed by atoms with Crippen LogP contribution in [0.4, 0.5) is 0 Å². The van der Waals surface area contributed by atoms with Crippen molar-refractivity contribution in [1.82, 2.24) is 30.0 Å². The van der Waals surface area contributed by atoms with Crippen LogP contribution in [-0.4, -0.2) is 52.1 Å². The van der Waals surface area contributed by atoms with Crippen LogP contribution in [0.1, 0.15) is 11.4 Å². The summed E-state index contributed by atoms with van der Waals surface area (Å²) in [5.74, 6) is -0.963. The third kappa shape index (κ3) is 5.52. The number of carbonyl (C=O) groups is 2. The Morgan fingerprint density at radius 1 is 0.857 bits per heavy atom. The Morgan fingerprint density at radius 2 is 1.32 bits per heavy atom. The molecule has 12 nitrogen and oxygen atoms in total. The number of hydrogen-bond donors (Lipinski definition) is 2. The minimum atomic E-state index is -1.01. The van der Waals surface area contributed by atoms with E-state index >= 15 is 0 Å². The fourth-order valence-corrected chi connectivity index (χ4v) is 2.21. The van der Waals surface area contributed by atoms with Gasteiger partial charge in [-0.25, -0.2) is 9.36 Å². The number of benzene rings is 1. The molecule has 28 heavy (non-hydrogen) atoms. The van der Waals surface area contributed by atoms with Gasteiger partial charge in [-0.05, 0) is 12.1 Å². The zero-order valence-corrected chi connectivity index (χ0v) is 14.5. The van der Waals surface area contributed by atoms with Gasteiger partial charge in [-0.15, -0.1) is 10.2 Å². The molecule has 0 radical (unpaired) electrons. The normalized spacial score (nSPS) is 10.6. The molecule has 2 N–H and O–H groups in total. The largest absolute Gasteiger partial charge is 0.487 e. The van der Waals surface area contributed by atoms with Crippen LogP contribution in [0.2, 0.25) is 0 Å². The number of carboxylic acids is 2. The van der Waals surface area contributed by atoms with Crippen LogP contribution < -0.4 is 9.47 Å². The molecule has 0 fully saturated rings. The highest BCUT2D eigenvalue weighted by Crippen LogP contribution is 2.21. The molecule has 0 aliphatic carbocycles. The average Bonchev–Trinajstić information content (AvgIpc) is 3.27. The van der Waals surface area contributed by atoms with Crippen LogP contribution in [0.3, 0.4) is 0 Å². The highest BCUT2D eigenvalue weighted by molar-refractivity contribution is 5.66. The lowest BCUT2D eigenvalue weighted by Crippen LogP contribution is -2.09. The lowest BCUT2D eigenvalue weighted by Gasteiger charge is -2.07. The summed E-state index contributed by atoms with van der Waals surface area (Å²) in [6, 6.07) is 6.88. The van der Waals surface area contributed by atoms with E-state index in [1.165, 1.54) is 21.8 Å². The first kappa shape index (κ1) is 18.8. The molecule has 0 aliphatic heterocycles.